The third-order valence-corrected chi connectivity index (χ3v) is 2.59. The molecular weight excluding hydrogens is 298 g/mol. The summed E-state index contributed by atoms with van der Waals surface area (Å²) in [6.45, 7) is 5.45. The van der Waals surface area contributed by atoms with Gasteiger partial charge in [0, 0.05) is 10.0 Å². The maximum Gasteiger partial charge on any atom is 0.292 e. The molecule has 0 saturated heterocycles. The summed E-state index contributed by atoms with van der Waals surface area (Å²) in [6, 6.07) is 4.96. The number of ether oxygens (including phenoxy) is 1. The molecule has 0 heterocycles. The van der Waals surface area contributed by atoms with Gasteiger partial charge in [0.05, 0.1) is 12.7 Å². The summed E-state index contributed by atoms with van der Waals surface area (Å²) < 4.78 is 5.80. The van der Waals surface area contributed by atoms with Crippen molar-refractivity contribution in [3.63, 3.8) is 0 Å². The molecular formula is C13H16BrNO3. The van der Waals surface area contributed by atoms with Crippen molar-refractivity contribution in [1.82, 2.24) is 5.32 Å². The molecule has 0 aliphatic heterocycles. The van der Waals surface area contributed by atoms with Crippen molar-refractivity contribution in [3.05, 3.63) is 28.2 Å². The first-order chi connectivity index (χ1) is 8.24. The lowest BCUT2D eigenvalue weighted by Gasteiger charge is -2.20. The number of hydrogen-bond acceptors (Lipinski definition) is 3. The number of rotatable bonds is 3. The number of Topliss-reactive ketones (excluding diaryl/α,β-unsaturated/α-hetero) is 1. The summed E-state index contributed by atoms with van der Waals surface area (Å²) in [5.74, 6) is -0.866. The second-order valence-electron chi connectivity index (χ2n) is 4.88. The van der Waals surface area contributed by atoms with E-state index in [2.05, 4.69) is 21.2 Å². The van der Waals surface area contributed by atoms with Crippen LogP contribution < -0.4 is 10.1 Å². The number of hydrogen-bond donors (Lipinski definition) is 1. The van der Waals surface area contributed by atoms with E-state index in [1.54, 1.807) is 18.2 Å². The Morgan fingerprint density at radius 3 is 2.39 bits per heavy atom. The highest BCUT2D eigenvalue weighted by Gasteiger charge is 2.24. The molecule has 98 valence electrons. The molecule has 18 heavy (non-hydrogen) atoms. The van der Waals surface area contributed by atoms with E-state index in [0.29, 0.717) is 5.75 Å². The molecule has 0 saturated carbocycles. The van der Waals surface area contributed by atoms with E-state index in [1.165, 1.54) is 7.11 Å². The molecule has 0 aliphatic carbocycles. The quantitative estimate of drug-likeness (QED) is 0.689. The first kappa shape index (κ1) is 14.7. The van der Waals surface area contributed by atoms with E-state index in [0.717, 1.165) is 4.47 Å². The Morgan fingerprint density at radius 1 is 1.28 bits per heavy atom. The summed E-state index contributed by atoms with van der Waals surface area (Å²) in [6.07, 6.45) is 0. The largest absolute Gasteiger partial charge is 0.496 e. The Bertz CT molecular complexity index is 478. The average Bonchev–Trinajstić information content (AvgIpc) is 2.25. The maximum absolute atomic E-state index is 12.0. The third kappa shape index (κ3) is 3.84. The summed E-state index contributed by atoms with van der Waals surface area (Å²) in [5.41, 5.74) is -0.208. The van der Waals surface area contributed by atoms with Crippen molar-refractivity contribution in [1.29, 1.82) is 0 Å². The first-order valence-electron chi connectivity index (χ1n) is 5.45. The number of carbonyl (C=O) groups excluding carboxylic acids is 2. The van der Waals surface area contributed by atoms with Crippen LogP contribution in [0.1, 0.15) is 31.1 Å². The Morgan fingerprint density at radius 2 is 1.89 bits per heavy atom. The number of ketones is 1. The zero-order valence-electron chi connectivity index (χ0n) is 10.8. The molecule has 0 atom stereocenters. The number of carbonyl (C=O) groups is 2. The standard InChI is InChI=1S/C13H16BrNO3/c1-13(2,3)15-12(17)11(16)9-7-8(14)5-6-10(9)18-4/h5-7H,1-4H3,(H,15,17). The van der Waals surface area contributed by atoms with Gasteiger partial charge in [-0.15, -0.1) is 0 Å². The lowest BCUT2D eigenvalue weighted by Crippen LogP contribution is -2.44. The fourth-order valence-corrected chi connectivity index (χ4v) is 1.74. The molecule has 0 fully saturated rings. The first-order valence-corrected chi connectivity index (χ1v) is 6.24. The van der Waals surface area contributed by atoms with Gasteiger partial charge in [0.25, 0.3) is 11.7 Å². The van der Waals surface area contributed by atoms with Gasteiger partial charge in [-0.1, -0.05) is 15.9 Å². The van der Waals surface area contributed by atoms with E-state index in [-0.39, 0.29) is 5.56 Å². The minimum atomic E-state index is -0.640. The van der Waals surface area contributed by atoms with Crippen molar-refractivity contribution in [2.75, 3.05) is 7.11 Å². The topological polar surface area (TPSA) is 55.4 Å². The van der Waals surface area contributed by atoms with Gasteiger partial charge in [0.2, 0.25) is 0 Å². The molecule has 0 bridgehead atoms. The van der Waals surface area contributed by atoms with Gasteiger partial charge in [-0.25, -0.2) is 0 Å². The predicted octanol–water partition coefficient (Wildman–Crippen LogP) is 2.56. The zero-order valence-corrected chi connectivity index (χ0v) is 12.4. The van der Waals surface area contributed by atoms with Crippen LogP contribution in [0.2, 0.25) is 0 Å². The van der Waals surface area contributed by atoms with Crippen molar-refractivity contribution >= 4 is 27.6 Å². The van der Waals surface area contributed by atoms with Crippen LogP contribution in [0.15, 0.2) is 22.7 Å². The molecule has 1 rings (SSSR count). The smallest absolute Gasteiger partial charge is 0.292 e. The zero-order chi connectivity index (χ0) is 13.9. The lowest BCUT2D eigenvalue weighted by atomic mass is 10.1. The van der Waals surface area contributed by atoms with Gasteiger partial charge in [-0.05, 0) is 39.0 Å². The number of amides is 1. The summed E-state index contributed by atoms with van der Waals surface area (Å²) in [7, 11) is 1.46. The lowest BCUT2D eigenvalue weighted by molar-refractivity contribution is -0.118. The van der Waals surface area contributed by atoms with Crippen LogP contribution in [-0.4, -0.2) is 24.3 Å². The average molecular weight is 314 g/mol. The normalized spacial score (nSPS) is 10.9. The van der Waals surface area contributed by atoms with Gasteiger partial charge in [0.15, 0.2) is 0 Å². The summed E-state index contributed by atoms with van der Waals surface area (Å²) in [4.78, 5) is 23.8. The number of halogens is 1. The van der Waals surface area contributed by atoms with Crippen LogP contribution in [-0.2, 0) is 4.79 Å². The highest BCUT2D eigenvalue weighted by atomic mass is 79.9. The molecule has 1 aromatic rings. The van der Waals surface area contributed by atoms with Crippen LogP contribution in [0, 0.1) is 0 Å². The van der Waals surface area contributed by atoms with E-state index in [9.17, 15) is 9.59 Å². The molecule has 5 heteroatoms. The number of benzene rings is 1. The minimum absolute atomic E-state index is 0.244. The van der Waals surface area contributed by atoms with Gasteiger partial charge < -0.3 is 10.1 Å². The summed E-state index contributed by atoms with van der Waals surface area (Å²) >= 11 is 3.26. The third-order valence-electron chi connectivity index (χ3n) is 2.10. The molecule has 1 aromatic carbocycles. The second kappa shape index (κ2) is 5.52. The molecule has 1 amide bonds. The molecule has 4 nitrogen and oxygen atoms in total. The van der Waals surface area contributed by atoms with E-state index < -0.39 is 17.2 Å². The molecule has 0 unspecified atom stereocenters. The Hall–Kier alpha value is -1.36. The highest BCUT2D eigenvalue weighted by Crippen LogP contribution is 2.23. The van der Waals surface area contributed by atoms with E-state index >= 15 is 0 Å². The van der Waals surface area contributed by atoms with Crippen LogP contribution in [0.25, 0.3) is 0 Å². The Balaban J connectivity index is 3.03. The van der Waals surface area contributed by atoms with Crippen LogP contribution in [0.4, 0.5) is 0 Å². The molecule has 0 spiro atoms. The van der Waals surface area contributed by atoms with Gasteiger partial charge >= 0.3 is 0 Å². The predicted molar refractivity (Wildman–Crippen MR) is 72.9 cm³/mol. The van der Waals surface area contributed by atoms with Crippen LogP contribution >= 0.6 is 15.9 Å². The Kier molecular flexibility index (Phi) is 4.51. The second-order valence-corrected chi connectivity index (χ2v) is 5.79. The van der Waals surface area contributed by atoms with Crippen LogP contribution in [0.3, 0.4) is 0 Å². The fourth-order valence-electron chi connectivity index (χ4n) is 1.38. The van der Waals surface area contributed by atoms with Gasteiger partial charge in [-0.2, -0.15) is 0 Å². The van der Waals surface area contributed by atoms with Gasteiger partial charge in [-0.3, -0.25) is 9.59 Å². The minimum Gasteiger partial charge on any atom is -0.496 e. The van der Waals surface area contributed by atoms with Crippen molar-refractivity contribution < 1.29 is 14.3 Å². The fraction of sp³-hybridized carbons (Fsp3) is 0.385. The monoisotopic (exact) mass is 313 g/mol. The molecule has 1 N–H and O–H groups in total. The highest BCUT2D eigenvalue weighted by molar-refractivity contribution is 9.10. The van der Waals surface area contributed by atoms with Gasteiger partial charge in [0.1, 0.15) is 5.75 Å². The van der Waals surface area contributed by atoms with Crippen molar-refractivity contribution in [2.45, 2.75) is 26.3 Å². The van der Waals surface area contributed by atoms with Crippen molar-refractivity contribution in [3.8, 4) is 5.75 Å². The molecule has 0 radical (unpaired) electrons. The SMILES string of the molecule is COc1ccc(Br)cc1C(=O)C(=O)NC(C)(C)C. The number of nitrogens with one attached hydrogen (secondary N) is 1. The molecule has 0 aliphatic rings. The Labute approximate surface area is 115 Å². The number of methoxy groups -OCH3 is 1. The van der Waals surface area contributed by atoms with Crippen LogP contribution in [0.5, 0.6) is 5.75 Å². The van der Waals surface area contributed by atoms with E-state index in [1.807, 2.05) is 20.8 Å². The van der Waals surface area contributed by atoms with Crippen molar-refractivity contribution in [2.24, 2.45) is 0 Å². The maximum atomic E-state index is 12.0. The molecule has 0 aromatic heterocycles. The van der Waals surface area contributed by atoms with E-state index in [4.69, 9.17) is 4.74 Å². The summed E-state index contributed by atoms with van der Waals surface area (Å²) in [5, 5.41) is 2.63.